The molecule has 138 valence electrons. The molecule has 1 atom stereocenters. The number of nitrogens with one attached hydrogen (secondary N) is 1. The molecule has 0 spiro atoms. The highest BCUT2D eigenvalue weighted by Gasteiger charge is 2.25. The van der Waals surface area contributed by atoms with Crippen LogP contribution in [0.5, 0.6) is 0 Å². The second-order valence-electron chi connectivity index (χ2n) is 6.72. The predicted molar refractivity (Wildman–Crippen MR) is 99.9 cm³/mol. The molecule has 0 radical (unpaired) electrons. The predicted octanol–water partition coefficient (Wildman–Crippen LogP) is 3.59. The molecule has 3 rings (SSSR count). The summed E-state index contributed by atoms with van der Waals surface area (Å²) in [5.41, 5.74) is 0.708. The highest BCUT2D eigenvalue weighted by Crippen LogP contribution is 2.24. The van der Waals surface area contributed by atoms with Gasteiger partial charge in [0.05, 0.1) is 12.3 Å². The maximum absolute atomic E-state index is 12.2. The van der Waals surface area contributed by atoms with Crippen molar-refractivity contribution in [3.8, 4) is 0 Å². The Labute approximate surface area is 154 Å². The monoisotopic (exact) mass is 354 g/mol. The number of benzene rings is 1. The molecule has 1 aromatic heterocycles. The Morgan fingerprint density at radius 3 is 2.50 bits per heavy atom. The number of furan rings is 1. The minimum atomic E-state index is -0.0124. The second kappa shape index (κ2) is 9.34. The summed E-state index contributed by atoms with van der Waals surface area (Å²) in [4.78, 5) is 26.6. The maximum Gasteiger partial charge on any atom is 0.220 e. The summed E-state index contributed by atoms with van der Waals surface area (Å²) < 4.78 is 5.56. The first-order valence-electron chi connectivity index (χ1n) is 9.36. The van der Waals surface area contributed by atoms with E-state index in [0.717, 1.165) is 18.8 Å². The third-order valence-electron chi connectivity index (χ3n) is 4.85. The number of carbonyl (C=O) groups excluding carboxylic acids is 2. The number of likely N-dealkylation sites (tertiary alicyclic amines) is 1. The molecule has 1 amide bonds. The fourth-order valence-electron chi connectivity index (χ4n) is 3.42. The number of rotatable bonds is 9. The van der Waals surface area contributed by atoms with Crippen molar-refractivity contribution < 1.29 is 14.0 Å². The van der Waals surface area contributed by atoms with Crippen LogP contribution in [0.25, 0.3) is 0 Å². The number of ketones is 1. The lowest BCUT2D eigenvalue weighted by atomic mass is 10.1. The molecule has 2 heterocycles. The van der Waals surface area contributed by atoms with Gasteiger partial charge >= 0.3 is 0 Å². The fourth-order valence-corrected chi connectivity index (χ4v) is 3.42. The molecule has 1 aromatic carbocycles. The van der Waals surface area contributed by atoms with Gasteiger partial charge in [0.2, 0.25) is 5.91 Å². The van der Waals surface area contributed by atoms with Crippen molar-refractivity contribution in [2.24, 2.45) is 0 Å². The third kappa shape index (κ3) is 5.05. The number of Topliss-reactive ketones (excluding diaryl/α,β-unsaturated/α-hetero) is 1. The van der Waals surface area contributed by atoms with Gasteiger partial charge in [0.15, 0.2) is 5.78 Å². The lowest BCUT2D eigenvalue weighted by Gasteiger charge is -2.26. The fraction of sp³-hybridized carbons (Fsp3) is 0.429. The molecule has 5 heteroatoms. The summed E-state index contributed by atoms with van der Waals surface area (Å²) >= 11 is 0. The summed E-state index contributed by atoms with van der Waals surface area (Å²) in [6.45, 7) is 2.61. The molecule has 1 N–H and O–H groups in total. The number of amides is 1. The van der Waals surface area contributed by atoms with Gasteiger partial charge in [-0.3, -0.25) is 14.5 Å². The van der Waals surface area contributed by atoms with E-state index < -0.39 is 0 Å². The lowest BCUT2D eigenvalue weighted by molar-refractivity contribution is -0.121. The van der Waals surface area contributed by atoms with Crippen LogP contribution >= 0.6 is 0 Å². The van der Waals surface area contributed by atoms with Gasteiger partial charge in [-0.25, -0.2) is 0 Å². The van der Waals surface area contributed by atoms with E-state index in [1.54, 1.807) is 6.26 Å². The smallest absolute Gasteiger partial charge is 0.220 e. The van der Waals surface area contributed by atoms with Crippen molar-refractivity contribution in [3.63, 3.8) is 0 Å². The van der Waals surface area contributed by atoms with E-state index in [1.165, 1.54) is 12.8 Å². The highest BCUT2D eigenvalue weighted by molar-refractivity contribution is 5.96. The average molecular weight is 354 g/mol. The molecule has 5 nitrogen and oxygen atoms in total. The van der Waals surface area contributed by atoms with Crippen LogP contribution in [0.1, 0.15) is 54.3 Å². The molecule has 0 saturated carbocycles. The van der Waals surface area contributed by atoms with Crippen LogP contribution in [0.4, 0.5) is 0 Å². The SMILES string of the molecule is O=C(CCCC(=O)c1ccccc1)NCC(c1ccco1)N1CCCC1. The van der Waals surface area contributed by atoms with E-state index in [-0.39, 0.29) is 17.7 Å². The minimum Gasteiger partial charge on any atom is -0.468 e. The number of hydrogen-bond donors (Lipinski definition) is 1. The third-order valence-corrected chi connectivity index (χ3v) is 4.85. The standard InChI is InChI=1S/C21H26N2O3/c24-19(17-8-2-1-3-9-17)10-6-12-21(25)22-16-18(20-11-7-15-26-20)23-13-4-5-14-23/h1-3,7-9,11,15,18H,4-6,10,12-14,16H2,(H,22,25). The first kappa shape index (κ1) is 18.4. The molecule has 1 fully saturated rings. The average Bonchev–Trinajstić information content (AvgIpc) is 3.37. The molecule has 1 unspecified atom stereocenters. The zero-order valence-corrected chi connectivity index (χ0v) is 15.0. The summed E-state index contributed by atoms with van der Waals surface area (Å²) in [6.07, 6.45) is 5.37. The van der Waals surface area contributed by atoms with Gasteiger partial charge in [0.1, 0.15) is 5.76 Å². The molecule has 1 aliphatic rings. The molecule has 1 saturated heterocycles. The highest BCUT2D eigenvalue weighted by atomic mass is 16.3. The van der Waals surface area contributed by atoms with Crippen LogP contribution in [0, 0.1) is 0 Å². The zero-order valence-electron chi connectivity index (χ0n) is 15.0. The van der Waals surface area contributed by atoms with E-state index in [4.69, 9.17) is 4.42 Å². The van der Waals surface area contributed by atoms with Crippen molar-refractivity contribution in [3.05, 3.63) is 60.1 Å². The second-order valence-corrected chi connectivity index (χ2v) is 6.72. The van der Waals surface area contributed by atoms with Crippen molar-refractivity contribution in [2.75, 3.05) is 19.6 Å². The molecular formula is C21H26N2O3. The van der Waals surface area contributed by atoms with Crippen LogP contribution in [-0.4, -0.2) is 36.2 Å². The van der Waals surface area contributed by atoms with Gasteiger partial charge in [0.25, 0.3) is 0 Å². The van der Waals surface area contributed by atoms with Crippen LogP contribution < -0.4 is 5.32 Å². The lowest BCUT2D eigenvalue weighted by Crippen LogP contribution is -2.36. The number of nitrogens with zero attached hydrogens (tertiary/aromatic N) is 1. The summed E-state index contributed by atoms with van der Waals surface area (Å²) in [5, 5.41) is 3.01. The first-order valence-corrected chi connectivity index (χ1v) is 9.36. The van der Waals surface area contributed by atoms with E-state index in [1.807, 2.05) is 42.5 Å². The van der Waals surface area contributed by atoms with Crippen LogP contribution in [0.2, 0.25) is 0 Å². The van der Waals surface area contributed by atoms with Crippen LogP contribution in [0.3, 0.4) is 0 Å². The van der Waals surface area contributed by atoms with Gasteiger partial charge in [-0.05, 0) is 44.5 Å². The van der Waals surface area contributed by atoms with Gasteiger partial charge < -0.3 is 9.73 Å². The summed E-state index contributed by atoms with van der Waals surface area (Å²) in [5.74, 6) is 0.969. The van der Waals surface area contributed by atoms with Crippen molar-refractivity contribution >= 4 is 11.7 Å². The largest absolute Gasteiger partial charge is 0.468 e. The zero-order chi connectivity index (χ0) is 18.2. The van der Waals surface area contributed by atoms with Crippen LogP contribution in [0.15, 0.2) is 53.1 Å². The van der Waals surface area contributed by atoms with E-state index >= 15 is 0 Å². The molecule has 0 aliphatic carbocycles. The number of hydrogen-bond acceptors (Lipinski definition) is 4. The normalized spacial score (nSPS) is 15.7. The van der Waals surface area contributed by atoms with Gasteiger partial charge in [-0.2, -0.15) is 0 Å². The molecule has 0 bridgehead atoms. The Morgan fingerprint density at radius 1 is 1.04 bits per heavy atom. The summed E-state index contributed by atoms with van der Waals surface area (Å²) in [6, 6.07) is 13.2. The minimum absolute atomic E-state index is 0.0124. The quantitative estimate of drug-likeness (QED) is 0.699. The number of carbonyl (C=O) groups is 2. The van der Waals surface area contributed by atoms with Crippen LogP contribution in [-0.2, 0) is 4.79 Å². The van der Waals surface area contributed by atoms with Crippen molar-refractivity contribution in [1.29, 1.82) is 0 Å². The molecule has 1 aliphatic heterocycles. The first-order chi connectivity index (χ1) is 12.7. The molecule has 2 aromatic rings. The maximum atomic E-state index is 12.2. The van der Waals surface area contributed by atoms with Gasteiger partial charge in [0, 0.05) is 24.9 Å². The Bertz CT molecular complexity index is 691. The molecule has 26 heavy (non-hydrogen) atoms. The van der Waals surface area contributed by atoms with Crippen molar-refractivity contribution in [1.82, 2.24) is 10.2 Å². The Morgan fingerprint density at radius 2 is 1.81 bits per heavy atom. The Kier molecular flexibility index (Phi) is 6.61. The van der Waals surface area contributed by atoms with Gasteiger partial charge in [-0.15, -0.1) is 0 Å². The van der Waals surface area contributed by atoms with E-state index in [2.05, 4.69) is 10.2 Å². The summed E-state index contributed by atoms with van der Waals surface area (Å²) in [7, 11) is 0. The molecular weight excluding hydrogens is 328 g/mol. The van der Waals surface area contributed by atoms with E-state index in [9.17, 15) is 9.59 Å². The van der Waals surface area contributed by atoms with E-state index in [0.29, 0.717) is 31.4 Å². The Balaban J connectivity index is 1.43. The Hall–Kier alpha value is -2.40. The topological polar surface area (TPSA) is 62.6 Å². The van der Waals surface area contributed by atoms with Crippen molar-refractivity contribution in [2.45, 2.75) is 38.1 Å². The van der Waals surface area contributed by atoms with Gasteiger partial charge in [-0.1, -0.05) is 30.3 Å².